The number of aromatic nitrogens is 2. The molecule has 2 heterocycles. The molecule has 29 heavy (non-hydrogen) atoms. The number of nitrogen functional groups attached to an aromatic ring is 1. The fraction of sp³-hybridized carbons (Fsp3) is 0.200. The molecular formula is C20H19ClN6O2. The van der Waals surface area contributed by atoms with E-state index in [-0.39, 0.29) is 12.5 Å². The van der Waals surface area contributed by atoms with Crippen molar-refractivity contribution in [1.29, 1.82) is 0 Å². The number of hydrogen-bond donors (Lipinski definition) is 3. The Morgan fingerprint density at radius 1 is 1.17 bits per heavy atom. The first-order valence-electron chi connectivity index (χ1n) is 9.12. The molecule has 0 bridgehead atoms. The van der Waals surface area contributed by atoms with E-state index >= 15 is 0 Å². The molecule has 0 radical (unpaired) electrons. The van der Waals surface area contributed by atoms with Crippen molar-refractivity contribution >= 4 is 45.9 Å². The molecule has 4 rings (SSSR count). The molecule has 148 valence electrons. The summed E-state index contributed by atoms with van der Waals surface area (Å²) >= 11 is 5.83. The van der Waals surface area contributed by atoms with E-state index in [9.17, 15) is 9.59 Å². The number of nitrogens with two attached hydrogens (primary N) is 1. The van der Waals surface area contributed by atoms with Crippen molar-refractivity contribution in [3.8, 4) is 0 Å². The van der Waals surface area contributed by atoms with Crippen LogP contribution in [0, 0.1) is 0 Å². The highest BCUT2D eigenvalue weighted by Crippen LogP contribution is 2.20. The van der Waals surface area contributed by atoms with Crippen LogP contribution in [-0.4, -0.2) is 39.4 Å². The number of fused-ring (bicyclic) bond motifs is 1. The van der Waals surface area contributed by atoms with Crippen LogP contribution in [0.15, 0.2) is 48.5 Å². The maximum Gasteiger partial charge on any atom is 0.319 e. The van der Waals surface area contributed by atoms with Gasteiger partial charge in [-0.25, -0.2) is 14.8 Å². The van der Waals surface area contributed by atoms with Gasteiger partial charge in [0.15, 0.2) is 5.82 Å². The monoisotopic (exact) mass is 410 g/mol. The Morgan fingerprint density at radius 2 is 1.93 bits per heavy atom. The van der Waals surface area contributed by atoms with E-state index in [2.05, 4.69) is 20.6 Å². The highest BCUT2D eigenvalue weighted by Gasteiger charge is 2.33. The van der Waals surface area contributed by atoms with Crippen molar-refractivity contribution < 1.29 is 9.59 Å². The van der Waals surface area contributed by atoms with Gasteiger partial charge in [0.1, 0.15) is 11.9 Å². The lowest BCUT2D eigenvalue weighted by Crippen LogP contribution is -2.43. The average molecular weight is 411 g/mol. The summed E-state index contributed by atoms with van der Waals surface area (Å²) in [6.07, 6.45) is 0.510. The maximum atomic E-state index is 12.7. The number of halogens is 1. The number of nitrogens with one attached hydrogen (secondary N) is 2. The normalized spacial score (nSPS) is 16.2. The second-order valence-electron chi connectivity index (χ2n) is 6.75. The fourth-order valence-electron chi connectivity index (χ4n) is 3.28. The second kappa shape index (κ2) is 7.92. The topological polar surface area (TPSA) is 113 Å². The van der Waals surface area contributed by atoms with Gasteiger partial charge in [0.05, 0.1) is 12.1 Å². The zero-order valence-electron chi connectivity index (χ0n) is 15.4. The molecule has 1 atom stereocenters. The first-order valence-corrected chi connectivity index (χ1v) is 9.50. The third-order valence-electron chi connectivity index (χ3n) is 4.72. The number of rotatable bonds is 4. The number of hydrogen-bond acceptors (Lipinski definition) is 5. The first kappa shape index (κ1) is 18.9. The molecule has 0 spiro atoms. The lowest BCUT2D eigenvalue weighted by atomic mass is 10.2. The van der Waals surface area contributed by atoms with E-state index in [4.69, 9.17) is 17.3 Å². The molecule has 3 aromatic rings. The largest absolute Gasteiger partial charge is 0.383 e. The van der Waals surface area contributed by atoms with E-state index in [1.165, 1.54) is 0 Å². The van der Waals surface area contributed by atoms with Crippen molar-refractivity contribution in [3.63, 3.8) is 0 Å². The van der Waals surface area contributed by atoms with Gasteiger partial charge in [0, 0.05) is 22.6 Å². The smallest absolute Gasteiger partial charge is 0.319 e. The van der Waals surface area contributed by atoms with Crippen LogP contribution >= 0.6 is 11.6 Å². The predicted molar refractivity (Wildman–Crippen MR) is 111 cm³/mol. The Kier molecular flexibility index (Phi) is 5.18. The van der Waals surface area contributed by atoms with Crippen LogP contribution < -0.4 is 16.4 Å². The Hall–Kier alpha value is -3.39. The zero-order chi connectivity index (χ0) is 20.4. The van der Waals surface area contributed by atoms with Crippen LogP contribution in [0.25, 0.3) is 10.9 Å². The number of para-hydroxylation sites is 1. The van der Waals surface area contributed by atoms with Gasteiger partial charge in [-0.15, -0.1) is 0 Å². The van der Waals surface area contributed by atoms with Crippen LogP contribution in [0.3, 0.4) is 0 Å². The number of amides is 3. The highest BCUT2D eigenvalue weighted by atomic mass is 35.5. The first-order chi connectivity index (χ1) is 14.0. The van der Waals surface area contributed by atoms with Gasteiger partial charge in [0.2, 0.25) is 5.91 Å². The summed E-state index contributed by atoms with van der Waals surface area (Å²) in [7, 11) is 0. The number of anilines is 2. The third kappa shape index (κ3) is 4.22. The summed E-state index contributed by atoms with van der Waals surface area (Å²) in [6, 6.07) is 13.1. The summed E-state index contributed by atoms with van der Waals surface area (Å²) in [4.78, 5) is 35.3. The molecule has 1 aliphatic rings. The molecule has 0 aliphatic carbocycles. The summed E-state index contributed by atoms with van der Waals surface area (Å²) in [5.41, 5.74) is 7.34. The van der Waals surface area contributed by atoms with E-state index in [0.29, 0.717) is 35.3 Å². The summed E-state index contributed by atoms with van der Waals surface area (Å²) in [6.45, 7) is 0.742. The van der Waals surface area contributed by atoms with Crippen molar-refractivity contribution in [3.05, 3.63) is 59.4 Å². The van der Waals surface area contributed by atoms with Crippen LogP contribution in [0.1, 0.15) is 12.2 Å². The van der Waals surface area contributed by atoms with Crippen molar-refractivity contribution in [1.82, 2.24) is 20.2 Å². The third-order valence-corrected chi connectivity index (χ3v) is 4.97. The van der Waals surface area contributed by atoms with Gasteiger partial charge in [-0.3, -0.25) is 4.79 Å². The Balaban J connectivity index is 1.38. The Labute approximate surface area is 172 Å². The minimum absolute atomic E-state index is 0.174. The lowest BCUT2D eigenvalue weighted by molar-refractivity contribution is -0.129. The molecule has 1 fully saturated rings. The van der Waals surface area contributed by atoms with E-state index in [0.717, 1.165) is 10.9 Å². The highest BCUT2D eigenvalue weighted by molar-refractivity contribution is 6.30. The number of nitrogens with zero attached hydrogens (tertiary/aromatic N) is 3. The van der Waals surface area contributed by atoms with Crippen LogP contribution in [0.4, 0.5) is 16.3 Å². The molecule has 1 aromatic heterocycles. The summed E-state index contributed by atoms with van der Waals surface area (Å²) in [5, 5.41) is 6.75. The second-order valence-corrected chi connectivity index (χ2v) is 7.19. The standard InChI is InChI=1S/C20H19ClN6O2/c21-12-5-7-13(8-6-12)23-20(29)25-16-9-10-27(19(16)28)11-17-24-15-4-2-1-3-14(15)18(22)26-17/h1-8,16H,9-11H2,(H2,22,24,26)(H2,23,25,29)/t16-/m0/s1. The molecule has 1 saturated heterocycles. The molecule has 2 aromatic carbocycles. The Bertz CT molecular complexity index is 1070. The molecule has 3 amide bonds. The summed E-state index contributed by atoms with van der Waals surface area (Å²) < 4.78 is 0. The van der Waals surface area contributed by atoms with Crippen LogP contribution in [0.2, 0.25) is 5.02 Å². The molecule has 9 heteroatoms. The zero-order valence-corrected chi connectivity index (χ0v) is 16.2. The number of carbonyl (C=O) groups excluding carboxylic acids is 2. The van der Waals surface area contributed by atoms with Gasteiger partial charge in [0.25, 0.3) is 0 Å². The molecule has 1 aliphatic heterocycles. The summed E-state index contributed by atoms with van der Waals surface area (Å²) in [5.74, 6) is 0.682. The Morgan fingerprint density at radius 3 is 2.72 bits per heavy atom. The fourth-order valence-corrected chi connectivity index (χ4v) is 3.41. The molecule has 0 saturated carbocycles. The molecular weight excluding hydrogens is 392 g/mol. The van der Waals surface area contributed by atoms with Gasteiger partial charge in [-0.05, 0) is 42.8 Å². The number of likely N-dealkylation sites (tertiary alicyclic amines) is 1. The van der Waals surface area contributed by atoms with Gasteiger partial charge in [-0.2, -0.15) is 0 Å². The minimum atomic E-state index is -0.597. The average Bonchev–Trinajstić information content (AvgIpc) is 3.03. The van der Waals surface area contributed by atoms with E-state index in [1.807, 2.05) is 24.3 Å². The molecule has 0 unspecified atom stereocenters. The van der Waals surface area contributed by atoms with Crippen molar-refractivity contribution in [2.75, 3.05) is 17.6 Å². The maximum absolute atomic E-state index is 12.7. The van der Waals surface area contributed by atoms with Crippen molar-refractivity contribution in [2.45, 2.75) is 19.0 Å². The van der Waals surface area contributed by atoms with Gasteiger partial charge in [-0.1, -0.05) is 23.7 Å². The van der Waals surface area contributed by atoms with Crippen LogP contribution in [0.5, 0.6) is 0 Å². The molecule has 4 N–H and O–H groups in total. The quantitative estimate of drug-likeness (QED) is 0.612. The SMILES string of the molecule is Nc1nc(CN2CC[C@H](NC(=O)Nc3ccc(Cl)cc3)C2=O)nc2ccccc12. The van der Waals surface area contributed by atoms with Crippen LogP contribution in [-0.2, 0) is 11.3 Å². The number of carbonyl (C=O) groups is 2. The number of urea groups is 1. The van der Waals surface area contributed by atoms with Gasteiger partial charge >= 0.3 is 6.03 Å². The van der Waals surface area contributed by atoms with E-state index in [1.54, 1.807) is 29.2 Å². The van der Waals surface area contributed by atoms with Crippen molar-refractivity contribution in [2.24, 2.45) is 0 Å². The predicted octanol–water partition coefficient (Wildman–Crippen LogP) is 2.79. The minimum Gasteiger partial charge on any atom is -0.383 e. The lowest BCUT2D eigenvalue weighted by Gasteiger charge is -2.17. The molecule has 8 nitrogen and oxygen atoms in total. The van der Waals surface area contributed by atoms with E-state index < -0.39 is 12.1 Å². The van der Waals surface area contributed by atoms with Gasteiger partial charge < -0.3 is 21.3 Å². The number of benzene rings is 2.